The third-order valence-electron chi connectivity index (χ3n) is 3.05. The third-order valence-corrected chi connectivity index (χ3v) is 3.41. The maximum absolute atomic E-state index is 11.6. The lowest BCUT2D eigenvalue weighted by molar-refractivity contribution is 0.0524. The van der Waals surface area contributed by atoms with Crippen molar-refractivity contribution in [3.05, 3.63) is 28.5 Å². The normalized spacial score (nSPS) is 18.0. The number of aromatic nitrogens is 1. The molecule has 0 aromatic carbocycles. The van der Waals surface area contributed by atoms with Gasteiger partial charge in [0.2, 0.25) is 0 Å². The Balaban J connectivity index is 1.93. The molecule has 1 N–H and O–H groups in total. The molecular formula is C14H19ClN2O2. The highest BCUT2D eigenvalue weighted by atomic mass is 35.5. The Labute approximate surface area is 118 Å². The number of hydrogen-bond acceptors (Lipinski definition) is 3. The molecule has 0 bridgehead atoms. The SMILES string of the molecule is CC(C)(C)OC(=O)NC[C@H]1CCc2c(Cl)ccnc21. The molecule has 0 aliphatic heterocycles. The number of nitrogens with zero attached hydrogens (tertiary/aromatic N) is 1. The average molecular weight is 283 g/mol. The molecular weight excluding hydrogens is 264 g/mol. The number of fused-ring (bicyclic) bond motifs is 1. The number of hydrogen-bond donors (Lipinski definition) is 1. The molecule has 19 heavy (non-hydrogen) atoms. The maximum Gasteiger partial charge on any atom is 0.407 e. The number of alkyl carbamates (subject to hydrolysis) is 1. The van der Waals surface area contributed by atoms with Crippen LogP contribution >= 0.6 is 11.6 Å². The van der Waals surface area contributed by atoms with Gasteiger partial charge in [-0.1, -0.05) is 11.6 Å². The molecule has 104 valence electrons. The smallest absolute Gasteiger partial charge is 0.407 e. The third kappa shape index (κ3) is 3.60. The second kappa shape index (κ2) is 5.37. The second-order valence-electron chi connectivity index (χ2n) is 5.77. The fourth-order valence-corrected chi connectivity index (χ4v) is 2.51. The van der Waals surface area contributed by atoms with Gasteiger partial charge in [-0.15, -0.1) is 0 Å². The van der Waals surface area contributed by atoms with Crippen LogP contribution in [0.5, 0.6) is 0 Å². The van der Waals surface area contributed by atoms with E-state index in [1.54, 1.807) is 6.20 Å². The van der Waals surface area contributed by atoms with Crippen molar-refractivity contribution in [1.29, 1.82) is 0 Å². The molecule has 0 radical (unpaired) electrons. The number of nitrogens with one attached hydrogen (secondary N) is 1. The first-order valence-corrected chi connectivity index (χ1v) is 6.85. The van der Waals surface area contributed by atoms with Crippen LogP contribution in [0.15, 0.2) is 12.3 Å². The highest BCUT2D eigenvalue weighted by Crippen LogP contribution is 2.34. The average Bonchev–Trinajstić information content (AvgIpc) is 2.69. The zero-order valence-corrected chi connectivity index (χ0v) is 12.3. The summed E-state index contributed by atoms with van der Waals surface area (Å²) in [7, 11) is 0. The molecule has 1 heterocycles. The Morgan fingerprint density at radius 1 is 1.58 bits per heavy atom. The lowest BCUT2D eigenvalue weighted by atomic mass is 10.1. The summed E-state index contributed by atoms with van der Waals surface area (Å²) in [5.41, 5.74) is 1.64. The van der Waals surface area contributed by atoms with Crippen molar-refractivity contribution in [2.45, 2.75) is 45.1 Å². The van der Waals surface area contributed by atoms with Crippen molar-refractivity contribution in [2.75, 3.05) is 6.54 Å². The van der Waals surface area contributed by atoms with Gasteiger partial charge >= 0.3 is 6.09 Å². The maximum atomic E-state index is 11.6. The van der Waals surface area contributed by atoms with Gasteiger partial charge in [0.15, 0.2) is 0 Å². The molecule has 0 unspecified atom stereocenters. The summed E-state index contributed by atoms with van der Waals surface area (Å²) < 4.78 is 5.21. The molecule has 0 saturated carbocycles. The highest BCUT2D eigenvalue weighted by Gasteiger charge is 2.26. The quantitative estimate of drug-likeness (QED) is 0.905. The van der Waals surface area contributed by atoms with Crippen LogP contribution in [0.1, 0.15) is 44.4 Å². The lowest BCUT2D eigenvalue weighted by Crippen LogP contribution is -2.34. The van der Waals surface area contributed by atoms with Crippen molar-refractivity contribution in [1.82, 2.24) is 10.3 Å². The molecule has 1 atom stereocenters. The van der Waals surface area contributed by atoms with Gasteiger partial charge in [-0.05, 0) is 45.2 Å². The first-order valence-electron chi connectivity index (χ1n) is 6.47. The summed E-state index contributed by atoms with van der Waals surface area (Å²) >= 11 is 6.13. The summed E-state index contributed by atoms with van der Waals surface area (Å²) in [6.07, 6.45) is 3.21. The van der Waals surface area contributed by atoms with E-state index in [1.165, 1.54) is 0 Å². The predicted molar refractivity (Wildman–Crippen MR) is 74.5 cm³/mol. The first kappa shape index (κ1) is 14.1. The van der Waals surface area contributed by atoms with Crippen LogP contribution in [0.3, 0.4) is 0 Å². The molecule has 1 aromatic heterocycles. The van der Waals surface area contributed by atoms with Gasteiger partial charge in [0.1, 0.15) is 5.60 Å². The van der Waals surface area contributed by atoms with Crippen molar-refractivity contribution < 1.29 is 9.53 Å². The molecule has 0 saturated heterocycles. The first-order chi connectivity index (χ1) is 8.87. The van der Waals surface area contributed by atoms with Crippen LogP contribution in [0.25, 0.3) is 0 Å². The highest BCUT2D eigenvalue weighted by molar-refractivity contribution is 6.31. The summed E-state index contributed by atoms with van der Waals surface area (Å²) in [4.78, 5) is 16.0. The summed E-state index contributed by atoms with van der Waals surface area (Å²) in [5.74, 6) is 0.223. The number of amides is 1. The van der Waals surface area contributed by atoms with Crippen LogP contribution in [-0.4, -0.2) is 23.2 Å². The van der Waals surface area contributed by atoms with Crippen LogP contribution in [0, 0.1) is 0 Å². The van der Waals surface area contributed by atoms with E-state index in [9.17, 15) is 4.79 Å². The molecule has 1 aromatic rings. The standard InChI is InChI=1S/C14H19ClN2O2/c1-14(2,3)19-13(18)17-8-9-4-5-10-11(15)6-7-16-12(9)10/h6-7,9H,4-5,8H2,1-3H3,(H,17,18)/t9-/m1/s1. The molecule has 2 rings (SSSR count). The molecule has 5 heteroatoms. The van der Waals surface area contributed by atoms with Crippen LogP contribution in [0.2, 0.25) is 5.02 Å². The minimum absolute atomic E-state index is 0.223. The van der Waals surface area contributed by atoms with E-state index in [1.807, 2.05) is 26.8 Å². The van der Waals surface area contributed by atoms with Crippen LogP contribution in [0.4, 0.5) is 4.79 Å². The Hall–Kier alpha value is -1.29. The van der Waals surface area contributed by atoms with Crippen molar-refractivity contribution in [3.8, 4) is 0 Å². The van der Waals surface area contributed by atoms with Gasteiger partial charge in [0.05, 0.1) is 0 Å². The zero-order valence-electron chi connectivity index (χ0n) is 11.5. The van der Waals surface area contributed by atoms with E-state index in [0.29, 0.717) is 6.54 Å². The number of carbonyl (C=O) groups is 1. The van der Waals surface area contributed by atoms with Gasteiger partial charge in [-0.25, -0.2) is 4.79 Å². The fourth-order valence-electron chi connectivity index (χ4n) is 2.26. The van der Waals surface area contributed by atoms with Gasteiger partial charge in [0, 0.05) is 29.4 Å². The van der Waals surface area contributed by atoms with E-state index >= 15 is 0 Å². The van der Waals surface area contributed by atoms with E-state index in [0.717, 1.165) is 29.1 Å². The van der Waals surface area contributed by atoms with Gasteiger partial charge in [-0.2, -0.15) is 0 Å². The van der Waals surface area contributed by atoms with Gasteiger partial charge < -0.3 is 10.1 Å². The van der Waals surface area contributed by atoms with Crippen molar-refractivity contribution >= 4 is 17.7 Å². The Morgan fingerprint density at radius 2 is 2.32 bits per heavy atom. The van der Waals surface area contributed by atoms with E-state index in [-0.39, 0.29) is 12.0 Å². The number of halogens is 1. The number of ether oxygens (including phenoxy) is 1. The largest absolute Gasteiger partial charge is 0.444 e. The number of carbonyl (C=O) groups excluding carboxylic acids is 1. The van der Waals surface area contributed by atoms with Crippen LogP contribution < -0.4 is 5.32 Å². The topological polar surface area (TPSA) is 51.2 Å². The molecule has 1 aliphatic rings. The monoisotopic (exact) mass is 282 g/mol. The van der Waals surface area contributed by atoms with E-state index < -0.39 is 5.60 Å². The van der Waals surface area contributed by atoms with Gasteiger partial charge in [-0.3, -0.25) is 4.98 Å². The zero-order chi connectivity index (χ0) is 14.0. The molecule has 0 spiro atoms. The summed E-state index contributed by atoms with van der Waals surface area (Å²) in [5, 5.41) is 3.57. The second-order valence-corrected chi connectivity index (χ2v) is 6.18. The Kier molecular flexibility index (Phi) is 3.99. The minimum atomic E-state index is -0.473. The summed E-state index contributed by atoms with van der Waals surface area (Å²) in [6, 6.07) is 1.81. The molecule has 1 aliphatic carbocycles. The predicted octanol–water partition coefficient (Wildman–Crippen LogP) is 3.29. The number of rotatable bonds is 2. The van der Waals surface area contributed by atoms with E-state index in [2.05, 4.69) is 10.3 Å². The Morgan fingerprint density at radius 3 is 3.00 bits per heavy atom. The summed E-state index contributed by atoms with van der Waals surface area (Å²) in [6.45, 7) is 6.07. The number of pyridine rings is 1. The fraction of sp³-hybridized carbons (Fsp3) is 0.571. The van der Waals surface area contributed by atoms with Gasteiger partial charge in [0.25, 0.3) is 0 Å². The molecule has 1 amide bonds. The van der Waals surface area contributed by atoms with Crippen molar-refractivity contribution in [3.63, 3.8) is 0 Å². The molecule has 4 nitrogen and oxygen atoms in total. The van der Waals surface area contributed by atoms with E-state index in [4.69, 9.17) is 16.3 Å². The molecule has 0 fully saturated rings. The van der Waals surface area contributed by atoms with Crippen LogP contribution in [-0.2, 0) is 11.2 Å². The lowest BCUT2D eigenvalue weighted by Gasteiger charge is -2.20. The Bertz CT molecular complexity index is 483. The minimum Gasteiger partial charge on any atom is -0.444 e. The van der Waals surface area contributed by atoms with Crippen molar-refractivity contribution in [2.24, 2.45) is 0 Å².